The Labute approximate surface area is 107 Å². The van der Waals surface area contributed by atoms with Crippen LogP contribution in [0.3, 0.4) is 0 Å². The summed E-state index contributed by atoms with van der Waals surface area (Å²) in [5.74, 6) is 0. The molecule has 0 N–H and O–H groups in total. The first-order chi connectivity index (χ1) is 6.05. The Morgan fingerprint density at radius 3 is 1.07 bits per heavy atom. The van der Waals surface area contributed by atoms with E-state index in [0.29, 0.717) is 0 Å². The van der Waals surface area contributed by atoms with Gasteiger partial charge in [-0.05, 0) is 0 Å². The average molecular weight is 266 g/mol. The maximum atomic E-state index is 2.66. The molecule has 14 heavy (non-hydrogen) atoms. The second-order valence-corrected chi connectivity index (χ2v) is 7.11. The molecular weight excluding hydrogens is 246 g/mol. The number of hydrogen-bond acceptors (Lipinski definition) is 0. The third-order valence-corrected chi connectivity index (χ3v) is 4.50. The predicted molar refractivity (Wildman–Crippen MR) is 58.1 cm³/mol. The van der Waals surface area contributed by atoms with Gasteiger partial charge in [-0.25, -0.2) is 0 Å². The Morgan fingerprint density at radius 1 is 0.714 bits per heavy atom. The molecule has 0 aliphatic rings. The van der Waals surface area contributed by atoms with Gasteiger partial charge in [-0.1, -0.05) is 0 Å². The normalized spacial score (nSPS) is 13.1. The monoisotopic (exact) mass is 266 g/mol. The molecule has 2 heteroatoms. The van der Waals surface area contributed by atoms with Gasteiger partial charge in [0.15, 0.2) is 0 Å². The zero-order valence-corrected chi connectivity index (χ0v) is 12.8. The Kier molecular flexibility index (Phi) is 5.36. The summed E-state index contributed by atoms with van der Waals surface area (Å²) in [5.41, 5.74) is 0.503. The van der Waals surface area contributed by atoms with E-state index in [1.54, 1.807) is 0 Å². The Balaban J connectivity index is 4.49. The van der Waals surface area contributed by atoms with E-state index >= 15 is 0 Å². The van der Waals surface area contributed by atoms with Gasteiger partial charge in [-0.2, -0.15) is 0 Å². The molecule has 0 spiro atoms. The summed E-state index contributed by atoms with van der Waals surface area (Å²) in [6, 6.07) is 0. The molecule has 0 aliphatic heterocycles. The molecule has 0 saturated heterocycles. The van der Waals surface area contributed by atoms with Gasteiger partial charge in [0.05, 0.1) is 0 Å². The van der Waals surface area contributed by atoms with Gasteiger partial charge < -0.3 is 0 Å². The van der Waals surface area contributed by atoms with E-state index in [-0.39, 0.29) is 10.8 Å². The molecule has 0 nitrogen and oxygen atoms in total. The fourth-order valence-electron chi connectivity index (χ4n) is 0.658. The molecule has 0 fully saturated rings. The predicted octanol–water partition coefficient (Wildman–Crippen LogP) is 3.07. The van der Waals surface area contributed by atoms with Crippen molar-refractivity contribution in [3.8, 4) is 0 Å². The summed E-state index contributed by atoms with van der Waals surface area (Å²) in [7, 11) is 0. The van der Waals surface area contributed by atoms with Gasteiger partial charge in [0.1, 0.15) is 0 Å². The van der Waals surface area contributed by atoms with E-state index in [1.807, 2.05) is 0 Å². The van der Waals surface area contributed by atoms with Crippen molar-refractivity contribution in [3.05, 3.63) is 12.2 Å². The van der Waals surface area contributed by atoms with Crippen LogP contribution in [0.15, 0.2) is 12.2 Å². The van der Waals surface area contributed by atoms with E-state index < -0.39 is 0 Å². The molecular formula is C12H20V2. The van der Waals surface area contributed by atoms with E-state index in [9.17, 15) is 0 Å². The van der Waals surface area contributed by atoms with E-state index in [1.165, 1.54) is 8.45 Å². The molecule has 0 radical (unpaired) electrons. The zero-order chi connectivity index (χ0) is 11.6. The fourth-order valence-corrected chi connectivity index (χ4v) is 0.891. The van der Waals surface area contributed by atoms with Crippen molar-refractivity contribution in [3.63, 3.8) is 0 Å². The minimum atomic E-state index is 0.252. The van der Waals surface area contributed by atoms with Crippen molar-refractivity contribution in [2.75, 3.05) is 0 Å². The molecule has 0 rings (SSSR count). The summed E-state index contributed by atoms with van der Waals surface area (Å²) in [6.45, 7) is 13.4. The second-order valence-electron chi connectivity index (χ2n) is 5.60. The molecule has 0 aromatic rings. The second kappa shape index (κ2) is 5.12. The van der Waals surface area contributed by atoms with Crippen molar-refractivity contribution in [2.45, 2.75) is 41.5 Å². The summed E-state index contributed by atoms with van der Waals surface area (Å²) < 4.78 is 2.72. The molecule has 0 aromatic heterocycles. The Bertz CT molecular complexity index is 231. The number of allylic oxidation sites excluding steroid dienone is 2. The van der Waals surface area contributed by atoms with Crippen LogP contribution in [0.1, 0.15) is 41.5 Å². The van der Waals surface area contributed by atoms with Crippen molar-refractivity contribution < 1.29 is 34.0 Å². The van der Waals surface area contributed by atoms with Crippen LogP contribution in [-0.4, -0.2) is 8.45 Å². The summed E-state index contributed by atoms with van der Waals surface area (Å²) in [5, 5.41) is 0. The van der Waals surface area contributed by atoms with Crippen LogP contribution in [0.4, 0.5) is 0 Å². The number of hydrogen-bond donors (Lipinski definition) is 0. The van der Waals surface area contributed by atoms with Crippen LogP contribution in [0.2, 0.25) is 0 Å². The summed E-state index contributed by atoms with van der Waals surface area (Å²) >= 11 is 5.33. The van der Waals surface area contributed by atoms with Gasteiger partial charge in [-0.15, -0.1) is 0 Å². The molecule has 0 aliphatic carbocycles. The molecule has 0 amide bonds. The quantitative estimate of drug-likeness (QED) is 0.720. The third kappa shape index (κ3) is 5.51. The van der Waals surface area contributed by atoms with Gasteiger partial charge in [0.25, 0.3) is 0 Å². The molecule has 0 aromatic carbocycles. The summed E-state index contributed by atoms with van der Waals surface area (Å²) in [4.78, 5) is 0. The summed E-state index contributed by atoms with van der Waals surface area (Å²) in [6.07, 6.45) is 4.41. The van der Waals surface area contributed by atoms with E-state index in [0.717, 1.165) is 0 Å². The van der Waals surface area contributed by atoms with E-state index in [2.05, 4.69) is 87.7 Å². The fraction of sp³-hybridized carbons (Fsp3) is 0.667. The van der Waals surface area contributed by atoms with Crippen molar-refractivity contribution >= 4 is 8.45 Å². The zero-order valence-electron chi connectivity index (χ0n) is 10.0. The first-order valence-electron chi connectivity index (χ1n) is 4.86. The average Bonchev–Trinajstić information content (AvgIpc) is 1.95. The standard InChI is InChI=1S/C12H20.2V/c1-11(2,3)9-7-8-10-12(4,5)6;;/h7-8H,1-6H3;;. The van der Waals surface area contributed by atoms with Crippen LogP contribution in [0, 0.1) is 10.8 Å². The third-order valence-electron chi connectivity index (χ3n) is 1.94. The van der Waals surface area contributed by atoms with Crippen LogP contribution < -0.4 is 0 Å². The van der Waals surface area contributed by atoms with Crippen molar-refractivity contribution in [1.29, 1.82) is 0 Å². The molecule has 0 heterocycles. The topological polar surface area (TPSA) is 0 Å². The van der Waals surface area contributed by atoms with Crippen LogP contribution in [-0.2, 0) is 34.0 Å². The van der Waals surface area contributed by atoms with Crippen LogP contribution >= 0.6 is 0 Å². The minimum absolute atomic E-state index is 0.252. The SMILES string of the molecule is CC(C)(C)[C](=[V])C=C[C](=[V])C(C)(C)C. The van der Waals surface area contributed by atoms with Gasteiger partial charge in [-0.3, -0.25) is 0 Å². The van der Waals surface area contributed by atoms with Gasteiger partial charge in [0.2, 0.25) is 0 Å². The molecule has 0 saturated carbocycles. The van der Waals surface area contributed by atoms with Crippen LogP contribution in [0.25, 0.3) is 0 Å². The Hall–Kier alpha value is 0.649. The molecule has 0 atom stereocenters. The van der Waals surface area contributed by atoms with Crippen molar-refractivity contribution in [2.24, 2.45) is 10.8 Å². The van der Waals surface area contributed by atoms with Gasteiger partial charge >= 0.3 is 107 Å². The van der Waals surface area contributed by atoms with Crippen molar-refractivity contribution in [1.82, 2.24) is 0 Å². The first kappa shape index (κ1) is 14.6. The molecule has 78 valence electrons. The first-order valence-corrected chi connectivity index (χ1v) is 6.25. The van der Waals surface area contributed by atoms with Crippen LogP contribution in [0.5, 0.6) is 0 Å². The molecule has 0 bridgehead atoms. The van der Waals surface area contributed by atoms with Gasteiger partial charge in [0, 0.05) is 0 Å². The maximum absolute atomic E-state index is 2.66. The Morgan fingerprint density at radius 2 is 0.929 bits per heavy atom. The van der Waals surface area contributed by atoms with E-state index in [4.69, 9.17) is 0 Å². The number of rotatable bonds is 2. The molecule has 0 unspecified atom stereocenters.